The zero-order chi connectivity index (χ0) is 14.4. The molecule has 0 amide bonds. The fourth-order valence-electron chi connectivity index (χ4n) is 2.49. The van der Waals surface area contributed by atoms with E-state index in [-0.39, 0.29) is 0 Å². The Hall–Kier alpha value is -1.37. The highest BCUT2D eigenvalue weighted by Crippen LogP contribution is 2.45. The van der Waals surface area contributed by atoms with Gasteiger partial charge in [0.25, 0.3) is 10.0 Å². The number of rotatable bonds is 4. The molecule has 1 aliphatic rings. The van der Waals surface area contributed by atoms with Gasteiger partial charge in [-0.3, -0.25) is 4.72 Å². The molecule has 3 aromatic rings. The lowest BCUT2D eigenvalue weighted by atomic mass is 10.2. The van der Waals surface area contributed by atoms with Crippen molar-refractivity contribution < 1.29 is 8.42 Å². The van der Waals surface area contributed by atoms with E-state index in [9.17, 15) is 8.42 Å². The Morgan fingerprint density at radius 1 is 1.05 bits per heavy atom. The fraction of sp³-hybridized carbons (Fsp3) is 0.200. The number of hydrogen-bond acceptors (Lipinski definition) is 4. The van der Waals surface area contributed by atoms with Gasteiger partial charge in [-0.05, 0) is 58.7 Å². The second kappa shape index (κ2) is 4.83. The average Bonchev–Trinajstić information content (AvgIpc) is 3.00. The molecule has 0 unspecified atom stereocenters. The molecule has 1 N–H and O–H groups in total. The third-order valence-electron chi connectivity index (χ3n) is 3.64. The van der Waals surface area contributed by atoms with E-state index in [1.54, 1.807) is 11.3 Å². The van der Waals surface area contributed by atoms with Crippen LogP contribution in [0.25, 0.3) is 10.1 Å². The second-order valence-corrected chi connectivity index (χ2v) is 8.90. The molecule has 1 fully saturated rings. The summed E-state index contributed by atoms with van der Waals surface area (Å²) < 4.78 is 29.6. The minimum Gasteiger partial charge on any atom is -0.277 e. The van der Waals surface area contributed by atoms with Gasteiger partial charge in [0.05, 0.1) is 10.4 Å². The summed E-state index contributed by atoms with van der Waals surface area (Å²) in [6.45, 7) is 0. The second-order valence-electron chi connectivity index (χ2n) is 5.19. The van der Waals surface area contributed by atoms with Crippen LogP contribution in [0.1, 0.15) is 24.3 Å². The maximum atomic E-state index is 12.7. The van der Waals surface area contributed by atoms with E-state index in [4.69, 9.17) is 0 Å². The van der Waals surface area contributed by atoms with Gasteiger partial charge in [-0.15, -0.1) is 22.7 Å². The van der Waals surface area contributed by atoms with Crippen LogP contribution >= 0.6 is 22.7 Å². The minimum atomic E-state index is -3.50. The van der Waals surface area contributed by atoms with Crippen molar-refractivity contribution in [2.24, 2.45) is 0 Å². The molecule has 0 atom stereocenters. The van der Waals surface area contributed by atoms with Crippen molar-refractivity contribution in [3.05, 3.63) is 46.7 Å². The lowest BCUT2D eigenvalue weighted by molar-refractivity contribution is 0.602. The minimum absolute atomic E-state index is 0.431. The Kier molecular flexibility index (Phi) is 3.06. The van der Waals surface area contributed by atoms with Crippen molar-refractivity contribution in [1.82, 2.24) is 0 Å². The lowest BCUT2D eigenvalue weighted by Gasteiger charge is -2.09. The first kappa shape index (κ1) is 13.3. The number of benzene rings is 1. The molecule has 3 nitrogen and oxygen atoms in total. The molecule has 0 aliphatic heterocycles. The standard InChI is InChI=1S/C15H13NO2S3/c17-21(18,15-12(7-9-20-15)10-4-5-10)16-13-3-1-2-11-6-8-19-14(11)13/h1-3,6-10,16H,4-5H2. The van der Waals surface area contributed by atoms with Crippen molar-refractivity contribution in [1.29, 1.82) is 0 Å². The van der Waals surface area contributed by atoms with Crippen LogP contribution in [0.2, 0.25) is 0 Å². The molecule has 21 heavy (non-hydrogen) atoms. The molecule has 0 saturated heterocycles. The Labute approximate surface area is 131 Å². The van der Waals surface area contributed by atoms with Crippen LogP contribution < -0.4 is 4.72 Å². The Morgan fingerprint density at radius 2 is 1.86 bits per heavy atom. The van der Waals surface area contributed by atoms with Crippen molar-refractivity contribution in [2.45, 2.75) is 23.0 Å². The molecule has 6 heteroatoms. The van der Waals surface area contributed by atoms with Gasteiger partial charge in [0.1, 0.15) is 4.21 Å². The largest absolute Gasteiger partial charge is 0.277 e. The molecule has 4 rings (SSSR count). The first-order chi connectivity index (χ1) is 10.1. The van der Waals surface area contributed by atoms with Crippen molar-refractivity contribution >= 4 is 48.5 Å². The topological polar surface area (TPSA) is 46.2 Å². The van der Waals surface area contributed by atoms with Crippen LogP contribution in [0.3, 0.4) is 0 Å². The van der Waals surface area contributed by atoms with E-state index in [0.29, 0.717) is 15.8 Å². The molecule has 0 radical (unpaired) electrons. The SMILES string of the molecule is O=S(=O)(Nc1cccc2ccsc12)c1sccc1C1CC1. The van der Waals surface area contributed by atoms with Crippen LogP contribution in [-0.4, -0.2) is 8.42 Å². The molecule has 1 aliphatic carbocycles. The summed E-state index contributed by atoms with van der Waals surface area (Å²) in [6, 6.07) is 9.63. The van der Waals surface area contributed by atoms with Crippen LogP contribution in [0.4, 0.5) is 5.69 Å². The van der Waals surface area contributed by atoms with Crippen LogP contribution in [0, 0.1) is 0 Å². The molecule has 0 bridgehead atoms. The number of nitrogens with one attached hydrogen (secondary N) is 1. The van der Waals surface area contributed by atoms with E-state index in [1.807, 2.05) is 41.1 Å². The fourth-order valence-corrected chi connectivity index (χ4v) is 6.02. The summed E-state index contributed by atoms with van der Waals surface area (Å²) >= 11 is 2.86. The maximum absolute atomic E-state index is 12.7. The number of hydrogen-bond donors (Lipinski definition) is 1. The Bertz CT molecular complexity index is 904. The highest BCUT2D eigenvalue weighted by atomic mass is 32.2. The van der Waals surface area contributed by atoms with E-state index in [2.05, 4.69) is 4.72 Å². The molecular weight excluding hydrogens is 322 g/mol. The van der Waals surface area contributed by atoms with Gasteiger partial charge in [-0.25, -0.2) is 8.42 Å². The first-order valence-electron chi connectivity index (χ1n) is 6.71. The van der Waals surface area contributed by atoms with Gasteiger partial charge in [0.2, 0.25) is 0 Å². The van der Waals surface area contributed by atoms with Crippen molar-refractivity contribution in [3.63, 3.8) is 0 Å². The van der Waals surface area contributed by atoms with Gasteiger partial charge in [-0.1, -0.05) is 12.1 Å². The van der Waals surface area contributed by atoms with E-state index >= 15 is 0 Å². The molecule has 2 aromatic heterocycles. The van der Waals surface area contributed by atoms with Gasteiger partial charge < -0.3 is 0 Å². The van der Waals surface area contributed by atoms with E-state index in [1.165, 1.54) is 11.3 Å². The summed E-state index contributed by atoms with van der Waals surface area (Å²) in [5, 5.41) is 4.91. The molecule has 1 aromatic carbocycles. The molecular formula is C15H13NO2S3. The summed E-state index contributed by atoms with van der Waals surface area (Å²) in [7, 11) is -3.50. The van der Waals surface area contributed by atoms with Crippen molar-refractivity contribution in [2.75, 3.05) is 4.72 Å². The summed E-state index contributed by atoms with van der Waals surface area (Å²) in [6.07, 6.45) is 2.19. The number of sulfonamides is 1. The molecule has 108 valence electrons. The maximum Gasteiger partial charge on any atom is 0.271 e. The first-order valence-corrected chi connectivity index (χ1v) is 9.96. The monoisotopic (exact) mass is 335 g/mol. The zero-order valence-electron chi connectivity index (χ0n) is 11.1. The van der Waals surface area contributed by atoms with Gasteiger partial charge in [-0.2, -0.15) is 0 Å². The molecule has 2 heterocycles. The molecule has 0 spiro atoms. The predicted octanol–water partition coefficient (Wildman–Crippen LogP) is 4.64. The normalized spacial score (nSPS) is 15.4. The van der Waals surface area contributed by atoms with E-state index < -0.39 is 10.0 Å². The summed E-state index contributed by atoms with van der Waals surface area (Å²) in [4.78, 5) is 0. The number of anilines is 1. The highest BCUT2D eigenvalue weighted by Gasteiger charge is 2.31. The number of thiophene rings is 2. The van der Waals surface area contributed by atoms with Gasteiger partial charge >= 0.3 is 0 Å². The van der Waals surface area contributed by atoms with Crippen LogP contribution in [-0.2, 0) is 10.0 Å². The van der Waals surface area contributed by atoms with Gasteiger partial charge in [0.15, 0.2) is 0 Å². The molecule has 1 saturated carbocycles. The third-order valence-corrected chi connectivity index (χ3v) is 7.49. The smallest absolute Gasteiger partial charge is 0.271 e. The summed E-state index contributed by atoms with van der Waals surface area (Å²) in [5.41, 5.74) is 1.64. The quantitative estimate of drug-likeness (QED) is 0.755. The van der Waals surface area contributed by atoms with Gasteiger partial charge in [0, 0.05) is 0 Å². The lowest BCUT2D eigenvalue weighted by Crippen LogP contribution is -2.13. The summed E-state index contributed by atoms with van der Waals surface area (Å²) in [5.74, 6) is 0.431. The van der Waals surface area contributed by atoms with Crippen LogP contribution in [0.5, 0.6) is 0 Å². The van der Waals surface area contributed by atoms with Crippen molar-refractivity contribution in [3.8, 4) is 0 Å². The highest BCUT2D eigenvalue weighted by molar-refractivity contribution is 7.94. The predicted molar refractivity (Wildman–Crippen MR) is 88.9 cm³/mol. The van der Waals surface area contributed by atoms with E-state index in [0.717, 1.165) is 28.5 Å². The Morgan fingerprint density at radius 3 is 2.67 bits per heavy atom. The third kappa shape index (κ3) is 2.37. The zero-order valence-corrected chi connectivity index (χ0v) is 13.5. The Balaban J connectivity index is 1.75. The number of fused-ring (bicyclic) bond motifs is 1. The van der Waals surface area contributed by atoms with Crippen LogP contribution in [0.15, 0.2) is 45.3 Å². The average molecular weight is 335 g/mol.